The van der Waals surface area contributed by atoms with Crippen molar-refractivity contribution in [3.8, 4) is 0 Å². The van der Waals surface area contributed by atoms with Crippen LogP contribution in [0.25, 0.3) is 0 Å². The Bertz CT molecular complexity index is 271. The number of nitrogens with zero attached hydrogens (tertiary/aromatic N) is 1. The van der Waals surface area contributed by atoms with Gasteiger partial charge in [0.1, 0.15) is 0 Å². The van der Waals surface area contributed by atoms with Gasteiger partial charge in [0.15, 0.2) is 0 Å². The van der Waals surface area contributed by atoms with Crippen molar-refractivity contribution in [1.82, 2.24) is 4.90 Å². The molecule has 72 valence electrons. The Morgan fingerprint density at radius 2 is 2.08 bits per heavy atom. The lowest BCUT2D eigenvalue weighted by Gasteiger charge is -2.23. The second kappa shape index (κ2) is 4.77. The normalized spacial score (nSPS) is 13.3. The van der Waals surface area contributed by atoms with Gasteiger partial charge in [-0.15, -0.1) is 0 Å². The first kappa shape index (κ1) is 10.7. The third-order valence-corrected chi connectivity index (χ3v) is 2.74. The summed E-state index contributed by atoms with van der Waals surface area (Å²) in [5, 5.41) is 0. The van der Waals surface area contributed by atoms with Gasteiger partial charge in [-0.05, 0) is 38.2 Å². The van der Waals surface area contributed by atoms with Crippen LogP contribution in [0.2, 0.25) is 0 Å². The van der Waals surface area contributed by atoms with E-state index >= 15 is 0 Å². The zero-order valence-corrected chi connectivity index (χ0v) is 10.0. The lowest BCUT2D eigenvalue weighted by molar-refractivity contribution is 0.292. The lowest BCUT2D eigenvalue weighted by Crippen LogP contribution is -2.18. The maximum Gasteiger partial charge on any atom is 0.0339 e. The van der Waals surface area contributed by atoms with Crippen molar-refractivity contribution in [3.63, 3.8) is 0 Å². The molecule has 0 spiro atoms. The molecule has 1 nitrogen and oxygen atoms in total. The summed E-state index contributed by atoms with van der Waals surface area (Å²) in [6, 6.07) is 9.04. The molecule has 2 heteroatoms. The molecule has 0 bridgehead atoms. The maximum absolute atomic E-state index is 3.49. The minimum atomic E-state index is 0.525. The monoisotopic (exact) mass is 241 g/mol. The van der Waals surface area contributed by atoms with Crippen LogP contribution in [0.4, 0.5) is 0 Å². The summed E-state index contributed by atoms with van der Waals surface area (Å²) in [5.41, 5.74) is 1.38. The highest BCUT2D eigenvalue weighted by atomic mass is 79.9. The molecule has 0 aliphatic heterocycles. The fourth-order valence-electron chi connectivity index (χ4n) is 1.61. The van der Waals surface area contributed by atoms with E-state index in [1.54, 1.807) is 0 Å². The van der Waals surface area contributed by atoms with Crippen LogP contribution in [-0.2, 0) is 0 Å². The molecule has 0 aliphatic carbocycles. The largest absolute Gasteiger partial charge is 0.302 e. The smallest absolute Gasteiger partial charge is 0.0339 e. The van der Waals surface area contributed by atoms with E-state index in [1.165, 1.54) is 5.56 Å². The Morgan fingerprint density at radius 3 is 2.54 bits per heavy atom. The van der Waals surface area contributed by atoms with Gasteiger partial charge in [0, 0.05) is 10.5 Å². The zero-order chi connectivity index (χ0) is 9.84. The van der Waals surface area contributed by atoms with Gasteiger partial charge in [-0.3, -0.25) is 0 Å². The van der Waals surface area contributed by atoms with E-state index in [4.69, 9.17) is 0 Å². The summed E-state index contributed by atoms with van der Waals surface area (Å²) in [6.07, 6.45) is 1.14. The molecule has 1 rings (SSSR count). The van der Waals surface area contributed by atoms with Crippen molar-refractivity contribution in [2.75, 3.05) is 14.1 Å². The lowest BCUT2D eigenvalue weighted by atomic mass is 10.0. The van der Waals surface area contributed by atoms with E-state index in [-0.39, 0.29) is 0 Å². The van der Waals surface area contributed by atoms with Crippen LogP contribution in [0, 0.1) is 0 Å². The highest BCUT2D eigenvalue weighted by Gasteiger charge is 2.10. The summed E-state index contributed by atoms with van der Waals surface area (Å²) in [7, 11) is 4.24. The minimum Gasteiger partial charge on any atom is -0.302 e. The molecule has 13 heavy (non-hydrogen) atoms. The standard InChI is InChI=1S/C11H16BrN/c1-4-11(13(2)3)9-6-5-7-10(12)8-9/h5-8,11H,4H2,1-3H3. The van der Waals surface area contributed by atoms with E-state index in [0.717, 1.165) is 10.9 Å². The molecule has 0 aliphatic rings. The fourth-order valence-corrected chi connectivity index (χ4v) is 2.03. The van der Waals surface area contributed by atoms with Crippen LogP contribution in [0.3, 0.4) is 0 Å². The molecule has 1 atom stereocenters. The molecular weight excluding hydrogens is 226 g/mol. The molecular formula is C11H16BrN. The first-order valence-corrected chi connectivity index (χ1v) is 5.36. The minimum absolute atomic E-state index is 0.525. The third-order valence-electron chi connectivity index (χ3n) is 2.24. The van der Waals surface area contributed by atoms with Crippen molar-refractivity contribution in [1.29, 1.82) is 0 Å². The van der Waals surface area contributed by atoms with Gasteiger partial charge in [-0.2, -0.15) is 0 Å². The third kappa shape index (κ3) is 2.82. The van der Waals surface area contributed by atoms with Gasteiger partial charge in [-0.25, -0.2) is 0 Å². The average Bonchev–Trinajstić information content (AvgIpc) is 2.04. The van der Waals surface area contributed by atoms with Gasteiger partial charge >= 0.3 is 0 Å². The number of benzene rings is 1. The Labute approximate surface area is 88.9 Å². The van der Waals surface area contributed by atoms with Crippen molar-refractivity contribution < 1.29 is 0 Å². The van der Waals surface area contributed by atoms with Crippen LogP contribution in [0.1, 0.15) is 24.9 Å². The van der Waals surface area contributed by atoms with Crippen LogP contribution < -0.4 is 0 Å². The Kier molecular flexibility index (Phi) is 3.94. The van der Waals surface area contributed by atoms with Crippen molar-refractivity contribution in [2.45, 2.75) is 19.4 Å². The molecule has 0 radical (unpaired) electrons. The highest BCUT2D eigenvalue weighted by molar-refractivity contribution is 9.10. The van der Waals surface area contributed by atoms with Gasteiger partial charge in [0.05, 0.1) is 0 Å². The van der Waals surface area contributed by atoms with Crippen molar-refractivity contribution in [2.24, 2.45) is 0 Å². The molecule has 0 saturated carbocycles. The summed E-state index contributed by atoms with van der Waals surface area (Å²) < 4.78 is 1.16. The van der Waals surface area contributed by atoms with Crippen LogP contribution >= 0.6 is 15.9 Å². The summed E-state index contributed by atoms with van der Waals surface area (Å²) in [4.78, 5) is 2.25. The van der Waals surface area contributed by atoms with Gasteiger partial charge in [-0.1, -0.05) is 35.0 Å². The van der Waals surface area contributed by atoms with Crippen molar-refractivity contribution in [3.05, 3.63) is 34.3 Å². The predicted molar refractivity (Wildman–Crippen MR) is 60.9 cm³/mol. The van der Waals surface area contributed by atoms with E-state index < -0.39 is 0 Å². The second-order valence-corrected chi connectivity index (χ2v) is 4.36. The highest BCUT2D eigenvalue weighted by Crippen LogP contribution is 2.23. The summed E-state index contributed by atoms with van der Waals surface area (Å²) >= 11 is 3.49. The molecule has 1 unspecified atom stereocenters. The molecule has 1 aromatic carbocycles. The Balaban J connectivity index is 2.91. The fraction of sp³-hybridized carbons (Fsp3) is 0.455. The molecule has 0 aromatic heterocycles. The van der Waals surface area contributed by atoms with Crippen molar-refractivity contribution >= 4 is 15.9 Å². The van der Waals surface area contributed by atoms with Gasteiger partial charge in [0.2, 0.25) is 0 Å². The quantitative estimate of drug-likeness (QED) is 0.784. The number of halogens is 1. The van der Waals surface area contributed by atoms with E-state index in [2.05, 4.69) is 66.1 Å². The summed E-state index contributed by atoms with van der Waals surface area (Å²) in [6.45, 7) is 2.21. The molecule has 0 fully saturated rings. The SMILES string of the molecule is CCC(c1cccc(Br)c1)N(C)C. The zero-order valence-electron chi connectivity index (χ0n) is 8.42. The Hall–Kier alpha value is -0.340. The van der Waals surface area contributed by atoms with E-state index in [9.17, 15) is 0 Å². The number of hydrogen-bond acceptors (Lipinski definition) is 1. The van der Waals surface area contributed by atoms with Gasteiger partial charge < -0.3 is 4.90 Å². The first-order valence-electron chi connectivity index (χ1n) is 4.57. The average molecular weight is 242 g/mol. The molecule has 0 N–H and O–H groups in total. The van der Waals surface area contributed by atoms with Crippen LogP contribution in [-0.4, -0.2) is 19.0 Å². The van der Waals surface area contributed by atoms with Crippen LogP contribution in [0.5, 0.6) is 0 Å². The molecule has 0 heterocycles. The van der Waals surface area contributed by atoms with Gasteiger partial charge in [0.25, 0.3) is 0 Å². The summed E-state index contributed by atoms with van der Waals surface area (Å²) in [5.74, 6) is 0. The molecule has 0 amide bonds. The number of hydrogen-bond donors (Lipinski definition) is 0. The second-order valence-electron chi connectivity index (χ2n) is 3.44. The number of rotatable bonds is 3. The Morgan fingerprint density at radius 1 is 1.38 bits per heavy atom. The predicted octanol–water partition coefficient (Wildman–Crippen LogP) is 3.46. The molecule has 1 aromatic rings. The van der Waals surface area contributed by atoms with E-state index in [1.807, 2.05) is 0 Å². The molecule has 0 saturated heterocycles. The topological polar surface area (TPSA) is 3.24 Å². The van der Waals surface area contributed by atoms with E-state index in [0.29, 0.717) is 6.04 Å². The van der Waals surface area contributed by atoms with Crippen LogP contribution in [0.15, 0.2) is 28.7 Å². The maximum atomic E-state index is 3.49. The first-order chi connectivity index (χ1) is 6.15.